The van der Waals surface area contributed by atoms with Gasteiger partial charge in [-0.2, -0.15) is 0 Å². The first-order valence-electron chi connectivity index (χ1n) is 4.38. The van der Waals surface area contributed by atoms with Crippen LogP contribution in [0.3, 0.4) is 0 Å². The van der Waals surface area contributed by atoms with Crippen molar-refractivity contribution in [1.82, 2.24) is 0 Å². The molecule has 1 atom stereocenters. The molecule has 0 aromatic rings. The molecular formula is C8H18ClO4P. The largest absolute Gasteiger partial charge is 0.476 e. The van der Waals surface area contributed by atoms with E-state index in [1.165, 1.54) is 0 Å². The Balaban J connectivity index is 4.48. The van der Waals surface area contributed by atoms with Gasteiger partial charge in [-0.05, 0) is 34.6 Å². The van der Waals surface area contributed by atoms with Gasteiger partial charge in [0.2, 0.25) is 0 Å². The second-order valence-corrected chi connectivity index (χ2v) is 5.81. The molecule has 0 N–H and O–H groups in total. The van der Waals surface area contributed by atoms with Crippen LogP contribution in [0.1, 0.15) is 34.6 Å². The first-order chi connectivity index (χ1) is 6.18. The molecule has 0 aliphatic carbocycles. The Hall–Kier alpha value is 0.400. The Morgan fingerprint density at radius 2 is 1.86 bits per heavy atom. The first-order valence-corrected chi connectivity index (χ1v) is 6.38. The summed E-state index contributed by atoms with van der Waals surface area (Å²) in [6.07, 6.45) is -0.244. The maximum Gasteiger partial charge on any atom is 0.476 e. The van der Waals surface area contributed by atoms with E-state index in [1.54, 1.807) is 34.6 Å². The monoisotopic (exact) mass is 244 g/mol. The maximum atomic E-state index is 11.9. The van der Waals surface area contributed by atoms with E-state index < -0.39 is 13.4 Å². The van der Waals surface area contributed by atoms with Crippen molar-refractivity contribution in [2.24, 2.45) is 0 Å². The normalized spacial score (nSPS) is 17.1. The number of phosphoric acid groups is 1. The molecule has 6 heteroatoms. The van der Waals surface area contributed by atoms with Gasteiger partial charge in [0.1, 0.15) is 6.07 Å². The maximum absolute atomic E-state index is 11.9. The van der Waals surface area contributed by atoms with E-state index in [0.717, 1.165) is 0 Å². The lowest BCUT2D eigenvalue weighted by molar-refractivity contribution is 0.0375. The van der Waals surface area contributed by atoms with E-state index in [4.69, 9.17) is 25.2 Å². The Morgan fingerprint density at radius 1 is 1.36 bits per heavy atom. The van der Waals surface area contributed by atoms with Gasteiger partial charge < -0.3 is 0 Å². The number of alkyl halides is 1. The SMILES string of the molecule is CC(C)OP(=O)(OCCl)OC(C)(C)C. The highest BCUT2D eigenvalue weighted by Gasteiger charge is 2.33. The van der Waals surface area contributed by atoms with Gasteiger partial charge in [-0.15, -0.1) is 0 Å². The number of hydrogen-bond donors (Lipinski definition) is 0. The van der Waals surface area contributed by atoms with Crippen LogP contribution in [-0.4, -0.2) is 17.8 Å². The molecule has 1 unspecified atom stereocenters. The smallest absolute Gasteiger partial charge is 0.284 e. The second-order valence-electron chi connectivity index (χ2n) is 4.04. The summed E-state index contributed by atoms with van der Waals surface area (Å²) in [5, 5.41) is 0. The third-order valence-electron chi connectivity index (χ3n) is 0.932. The van der Waals surface area contributed by atoms with E-state index in [9.17, 15) is 4.57 Å². The average molecular weight is 245 g/mol. The summed E-state index contributed by atoms with van der Waals surface area (Å²) in [5.74, 6) is 0. The first kappa shape index (κ1) is 14.4. The van der Waals surface area contributed by atoms with Gasteiger partial charge >= 0.3 is 7.82 Å². The Labute approximate surface area is 90.5 Å². The van der Waals surface area contributed by atoms with Gasteiger partial charge in [0.05, 0.1) is 11.7 Å². The zero-order valence-electron chi connectivity index (χ0n) is 9.24. The van der Waals surface area contributed by atoms with Gasteiger partial charge in [0, 0.05) is 0 Å². The molecule has 0 spiro atoms. The Bertz CT molecular complexity index is 212. The molecule has 0 aliphatic heterocycles. The van der Waals surface area contributed by atoms with Crippen LogP contribution in [0, 0.1) is 0 Å². The molecule has 14 heavy (non-hydrogen) atoms. The van der Waals surface area contributed by atoms with E-state index in [0.29, 0.717) is 0 Å². The highest BCUT2D eigenvalue weighted by Crippen LogP contribution is 2.53. The van der Waals surface area contributed by atoms with Crippen LogP contribution in [0.15, 0.2) is 0 Å². The Morgan fingerprint density at radius 3 is 2.14 bits per heavy atom. The van der Waals surface area contributed by atoms with Crippen LogP contribution in [0.25, 0.3) is 0 Å². The summed E-state index contributed by atoms with van der Waals surface area (Å²) in [6.45, 7) is 8.79. The lowest BCUT2D eigenvalue weighted by Gasteiger charge is -2.26. The Kier molecular flexibility index (Phi) is 5.63. The predicted octanol–water partition coefficient (Wildman–Crippen LogP) is 3.55. The van der Waals surface area contributed by atoms with Gasteiger partial charge in [-0.3, -0.25) is 13.6 Å². The summed E-state index contributed by atoms with van der Waals surface area (Å²) in [5.41, 5.74) is -0.601. The van der Waals surface area contributed by atoms with Crippen LogP contribution in [0.4, 0.5) is 0 Å². The molecule has 0 bridgehead atoms. The van der Waals surface area contributed by atoms with Crippen molar-refractivity contribution in [2.75, 3.05) is 6.07 Å². The quantitative estimate of drug-likeness (QED) is 0.548. The van der Waals surface area contributed by atoms with E-state index >= 15 is 0 Å². The van der Waals surface area contributed by atoms with Gasteiger partial charge in [0.15, 0.2) is 0 Å². The topological polar surface area (TPSA) is 44.8 Å². The van der Waals surface area contributed by atoms with Gasteiger partial charge in [-0.25, -0.2) is 4.57 Å². The third-order valence-corrected chi connectivity index (χ3v) is 3.09. The molecule has 0 saturated carbocycles. The highest BCUT2D eigenvalue weighted by molar-refractivity contribution is 7.48. The molecule has 0 radical (unpaired) electrons. The molecule has 0 heterocycles. The summed E-state index contributed by atoms with van der Waals surface area (Å²) < 4.78 is 27.0. The minimum absolute atomic E-state index is 0.222. The number of phosphoric ester groups is 1. The lowest BCUT2D eigenvalue weighted by atomic mass is 10.2. The molecular weight excluding hydrogens is 227 g/mol. The van der Waals surface area contributed by atoms with Crippen molar-refractivity contribution in [3.63, 3.8) is 0 Å². The van der Waals surface area contributed by atoms with Crippen molar-refractivity contribution in [3.8, 4) is 0 Å². The third kappa shape index (κ3) is 6.80. The summed E-state index contributed by atoms with van der Waals surface area (Å²) in [6, 6.07) is -0.222. The zero-order valence-corrected chi connectivity index (χ0v) is 10.9. The minimum atomic E-state index is -3.53. The van der Waals surface area contributed by atoms with Crippen LogP contribution >= 0.6 is 19.4 Å². The molecule has 0 saturated heterocycles. The molecule has 0 amide bonds. The summed E-state index contributed by atoms with van der Waals surface area (Å²) >= 11 is 5.34. The fraction of sp³-hybridized carbons (Fsp3) is 1.00. The van der Waals surface area contributed by atoms with Crippen molar-refractivity contribution >= 4 is 19.4 Å². The highest BCUT2D eigenvalue weighted by atomic mass is 35.5. The van der Waals surface area contributed by atoms with Crippen molar-refractivity contribution < 1.29 is 18.1 Å². The standard InChI is InChI=1S/C8H18ClO4P/c1-7(2)12-14(10,11-6-9)13-8(3,4)5/h7H,6H2,1-5H3. The van der Waals surface area contributed by atoms with Gasteiger partial charge in [0.25, 0.3) is 0 Å². The van der Waals surface area contributed by atoms with E-state index in [2.05, 4.69) is 0 Å². The van der Waals surface area contributed by atoms with Crippen molar-refractivity contribution in [1.29, 1.82) is 0 Å². The zero-order chi connectivity index (χ0) is 11.4. The number of hydrogen-bond acceptors (Lipinski definition) is 4. The molecule has 0 aromatic heterocycles. The summed E-state index contributed by atoms with van der Waals surface area (Å²) in [4.78, 5) is 0. The molecule has 0 rings (SSSR count). The number of halogens is 1. The molecule has 86 valence electrons. The van der Waals surface area contributed by atoms with Crippen LogP contribution < -0.4 is 0 Å². The fourth-order valence-corrected chi connectivity index (χ4v) is 2.55. The molecule has 0 fully saturated rings. The van der Waals surface area contributed by atoms with Crippen LogP contribution in [0.2, 0.25) is 0 Å². The second kappa shape index (κ2) is 5.47. The van der Waals surface area contributed by atoms with Crippen molar-refractivity contribution in [2.45, 2.75) is 46.3 Å². The number of rotatable bonds is 5. The minimum Gasteiger partial charge on any atom is -0.284 e. The fourth-order valence-electron chi connectivity index (χ4n) is 0.732. The summed E-state index contributed by atoms with van der Waals surface area (Å²) in [7, 11) is -3.53. The van der Waals surface area contributed by atoms with Crippen LogP contribution in [-0.2, 0) is 18.1 Å². The molecule has 4 nitrogen and oxygen atoms in total. The van der Waals surface area contributed by atoms with Crippen molar-refractivity contribution in [3.05, 3.63) is 0 Å². The van der Waals surface area contributed by atoms with Gasteiger partial charge in [-0.1, -0.05) is 11.6 Å². The average Bonchev–Trinajstić information content (AvgIpc) is 1.78. The molecule has 0 aromatic carbocycles. The van der Waals surface area contributed by atoms with E-state index in [1.807, 2.05) is 0 Å². The van der Waals surface area contributed by atoms with E-state index in [-0.39, 0.29) is 12.2 Å². The lowest BCUT2D eigenvalue weighted by Crippen LogP contribution is -2.20. The van der Waals surface area contributed by atoms with Crippen LogP contribution in [0.5, 0.6) is 0 Å². The molecule has 0 aliphatic rings. The predicted molar refractivity (Wildman–Crippen MR) is 56.5 cm³/mol.